The van der Waals surface area contributed by atoms with Gasteiger partial charge in [-0.1, -0.05) is 0 Å². The second kappa shape index (κ2) is 2.55. The van der Waals surface area contributed by atoms with Crippen LogP contribution >= 0.6 is 11.3 Å². The van der Waals surface area contributed by atoms with Crippen molar-refractivity contribution in [1.82, 2.24) is 4.98 Å². The molecule has 1 rings (SSSR count). The van der Waals surface area contributed by atoms with E-state index >= 15 is 0 Å². The molecule has 0 N–H and O–H groups in total. The number of alkyl halides is 3. The van der Waals surface area contributed by atoms with Crippen LogP contribution in [-0.2, 0) is 6.18 Å². The summed E-state index contributed by atoms with van der Waals surface area (Å²) in [6.07, 6.45) is 0.454. The number of rotatable bonds is 0. The number of terminal acetylenes is 1. The fourth-order valence-electron chi connectivity index (χ4n) is 0.470. The number of thiazole rings is 1. The van der Waals surface area contributed by atoms with Gasteiger partial charge in [-0.15, -0.1) is 17.8 Å². The number of hydrogen-bond donors (Lipinski definition) is 0. The summed E-state index contributed by atoms with van der Waals surface area (Å²) in [6, 6.07) is 0. The van der Waals surface area contributed by atoms with Gasteiger partial charge >= 0.3 is 6.18 Å². The second-order valence-corrected chi connectivity index (χ2v) is 2.54. The molecule has 0 fully saturated rings. The Labute approximate surface area is 64.9 Å². The van der Waals surface area contributed by atoms with Gasteiger partial charge in [-0.25, -0.2) is 4.98 Å². The molecular formula is C6H2F3NS. The maximum absolute atomic E-state index is 11.8. The van der Waals surface area contributed by atoms with E-state index in [2.05, 4.69) is 4.98 Å². The van der Waals surface area contributed by atoms with E-state index < -0.39 is 11.9 Å². The van der Waals surface area contributed by atoms with Crippen LogP contribution in [0.25, 0.3) is 0 Å². The summed E-state index contributed by atoms with van der Waals surface area (Å²) in [5, 5.41) is 0.951. The number of hydrogen-bond acceptors (Lipinski definition) is 2. The average molecular weight is 177 g/mol. The summed E-state index contributed by atoms with van der Waals surface area (Å²) < 4.78 is 35.4. The van der Waals surface area contributed by atoms with Gasteiger partial charge in [-0.2, -0.15) is 13.2 Å². The van der Waals surface area contributed by atoms with Crippen LogP contribution in [0.5, 0.6) is 0 Å². The summed E-state index contributed by atoms with van der Waals surface area (Å²) in [4.78, 5) is 3.16. The highest BCUT2D eigenvalue weighted by Crippen LogP contribution is 2.29. The molecule has 0 saturated heterocycles. The lowest BCUT2D eigenvalue weighted by Crippen LogP contribution is -2.04. The first kappa shape index (κ1) is 8.08. The Morgan fingerprint density at radius 1 is 1.55 bits per heavy atom. The number of nitrogens with zero attached hydrogens (tertiary/aromatic N) is 1. The Bertz CT molecular complexity index is 294. The van der Waals surface area contributed by atoms with Gasteiger partial charge in [-0.05, 0) is 5.92 Å². The highest BCUT2D eigenvalue weighted by Gasteiger charge is 2.33. The van der Waals surface area contributed by atoms with E-state index in [1.54, 1.807) is 0 Å². The zero-order valence-corrected chi connectivity index (χ0v) is 5.96. The van der Waals surface area contributed by atoms with Crippen molar-refractivity contribution in [3.05, 3.63) is 16.1 Å². The van der Waals surface area contributed by atoms with Gasteiger partial charge in [0.25, 0.3) is 0 Å². The summed E-state index contributed by atoms with van der Waals surface area (Å²) in [5.74, 6) is 2.03. The van der Waals surface area contributed by atoms with E-state index in [9.17, 15) is 13.2 Å². The molecule has 0 aliphatic rings. The normalized spacial score (nSPS) is 11.1. The topological polar surface area (TPSA) is 12.9 Å². The summed E-state index contributed by atoms with van der Waals surface area (Å²) in [5.41, 5.74) is -0.921. The van der Waals surface area contributed by atoms with Crippen LogP contribution < -0.4 is 0 Å². The minimum atomic E-state index is -4.38. The molecule has 11 heavy (non-hydrogen) atoms. The zero-order chi connectivity index (χ0) is 8.48. The van der Waals surface area contributed by atoms with E-state index in [1.165, 1.54) is 0 Å². The highest BCUT2D eigenvalue weighted by molar-refractivity contribution is 7.10. The van der Waals surface area contributed by atoms with E-state index in [4.69, 9.17) is 6.42 Å². The van der Waals surface area contributed by atoms with Crippen molar-refractivity contribution >= 4 is 11.3 Å². The first-order valence-corrected chi connectivity index (χ1v) is 3.41. The van der Waals surface area contributed by atoms with Gasteiger partial charge in [0.15, 0.2) is 10.7 Å². The number of aromatic nitrogens is 1. The van der Waals surface area contributed by atoms with Crippen molar-refractivity contribution in [2.24, 2.45) is 0 Å². The van der Waals surface area contributed by atoms with Gasteiger partial charge in [-0.3, -0.25) is 0 Å². The Morgan fingerprint density at radius 3 is 2.45 bits per heavy atom. The van der Waals surface area contributed by atoms with Crippen molar-refractivity contribution in [3.8, 4) is 12.3 Å². The molecule has 0 saturated carbocycles. The Balaban J connectivity index is 3.01. The van der Waals surface area contributed by atoms with Crippen LogP contribution in [0.2, 0.25) is 0 Å². The minimum absolute atomic E-state index is 0.0531. The lowest BCUT2D eigenvalue weighted by atomic mass is 10.5. The molecule has 0 spiro atoms. The van der Waals surface area contributed by atoms with Crippen molar-refractivity contribution in [2.75, 3.05) is 0 Å². The molecule has 0 aliphatic carbocycles. The van der Waals surface area contributed by atoms with Gasteiger partial charge in [0.05, 0.1) is 0 Å². The Morgan fingerprint density at radius 2 is 2.18 bits per heavy atom. The summed E-state index contributed by atoms with van der Waals surface area (Å²) in [7, 11) is 0. The standard InChI is InChI=1S/C6H2F3NS/c1-2-5-10-4(3-11-5)6(7,8)9/h1,3H. The quantitative estimate of drug-likeness (QED) is 0.553. The predicted molar refractivity (Wildman–Crippen MR) is 35.1 cm³/mol. The second-order valence-electron chi connectivity index (χ2n) is 1.68. The molecule has 0 unspecified atom stereocenters. The maximum Gasteiger partial charge on any atom is 0.434 e. The van der Waals surface area contributed by atoms with Crippen LogP contribution in [0.15, 0.2) is 5.38 Å². The van der Waals surface area contributed by atoms with Crippen LogP contribution in [-0.4, -0.2) is 4.98 Å². The molecule has 58 valence electrons. The number of halogens is 3. The van der Waals surface area contributed by atoms with Crippen molar-refractivity contribution < 1.29 is 13.2 Å². The van der Waals surface area contributed by atoms with E-state index in [0.29, 0.717) is 0 Å². The fraction of sp³-hybridized carbons (Fsp3) is 0.167. The highest BCUT2D eigenvalue weighted by atomic mass is 32.1. The molecule has 0 bridgehead atoms. The average Bonchev–Trinajstić information content (AvgIpc) is 2.32. The summed E-state index contributed by atoms with van der Waals surface area (Å²) in [6.45, 7) is 0. The maximum atomic E-state index is 11.8. The van der Waals surface area contributed by atoms with Gasteiger partial charge in [0, 0.05) is 5.38 Å². The first-order chi connectivity index (χ1) is 5.04. The fourth-order valence-corrected chi connectivity index (χ4v) is 1.10. The Hall–Kier alpha value is -1.02. The molecule has 0 amide bonds. The lowest BCUT2D eigenvalue weighted by Gasteiger charge is -1.98. The molecule has 1 aromatic heterocycles. The largest absolute Gasteiger partial charge is 0.434 e. The third kappa shape index (κ3) is 1.71. The summed E-state index contributed by atoms with van der Waals surface area (Å²) >= 11 is 0.809. The van der Waals surface area contributed by atoms with E-state index in [0.717, 1.165) is 16.7 Å². The lowest BCUT2D eigenvalue weighted by molar-refractivity contribution is -0.140. The molecule has 1 nitrogen and oxygen atoms in total. The third-order valence-electron chi connectivity index (χ3n) is 0.918. The molecule has 0 aliphatic heterocycles. The van der Waals surface area contributed by atoms with Crippen molar-refractivity contribution in [2.45, 2.75) is 6.18 Å². The van der Waals surface area contributed by atoms with Crippen molar-refractivity contribution in [3.63, 3.8) is 0 Å². The molecule has 5 heteroatoms. The third-order valence-corrected chi connectivity index (χ3v) is 1.69. The molecular weight excluding hydrogens is 175 g/mol. The molecule has 0 atom stereocenters. The Kier molecular flexibility index (Phi) is 1.87. The smallest absolute Gasteiger partial charge is 0.223 e. The first-order valence-electron chi connectivity index (χ1n) is 2.53. The SMILES string of the molecule is C#Cc1nc(C(F)(F)F)cs1. The van der Waals surface area contributed by atoms with Crippen LogP contribution in [0.1, 0.15) is 10.7 Å². The van der Waals surface area contributed by atoms with E-state index in [1.807, 2.05) is 5.92 Å². The molecule has 1 heterocycles. The molecule has 0 aromatic carbocycles. The molecule has 0 radical (unpaired) electrons. The monoisotopic (exact) mass is 177 g/mol. The van der Waals surface area contributed by atoms with Gasteiger partial charge < -0.3 is 0 Å². The van der Waals surface area contributed by atoms with E-state index in [-0.39, 0.29) is 5.01 Å². The zero-order valence-electron chi connectivity index (χ0n) is 5.14. The van der Waals surface area contributed by atoms with Crippen LogP contribution in [0, 0.1) is 12.3 Å². The predicted octanol–water partition coefficient (Wildman–Crippen LogP) is 2.14. The van der Waals surface area contributed by atoms with Crippen LogP contribution in [0.3, 0.4) is 0 Å². The molecule has 1 aromatic rings. The minimum Gasteiger partial charge on any atom is -0.223 e. The van der Waals surface area contributed by atoms with Crippen LogP contribution in [0.4, 0.5) is 13.2 Å². The van der Waals surface area contributed by atoms with Crippen molar-refractivity contribution in [1.29, 1.82) is 0 Å². The van der Waals surface area contributed by atoms with Gasteiger partial charge in [0.2, 0.25) is 0 Å². The van der Waals surface area contributed by atoms with Gasteiger partial charge in [0.1, 0.15) is 0 Å².